The van der Waals surface area contributed by atoms with Gasteiger partial charge >= 0.3 is 0 Å². The number of aryl methyl sites for hydroxylation is 1. The third kappa shape index (κ3) is 5.39. The van der Waals surface area contributed by atoms with E-state index in [1.54, 1.807) is 5.92 Å². The molecule has 0 fully saturated rings. The van der Waals surface area contributed by atoms with Gasteiger partial charge in [0.25, 0.3) is 0 Å². The molecule has 0 atom stereocenters. The molecule has 1 radical (unpaired) electrons. The molecule has 1 heterocycles. The number of hydrogen-bond acceptors (Lipinski definition) is 1. The van der Waals surface area contributed by atoms with Crippen molar-refractivity contribution in [2.24, 2.45) is 17.3 Å². The zero-order chi connectivity index (χ0) is 21.4. The van der Waals surface area contributed by atoms with Crippen LogP contribution < -0.4 is 0 Å². The van der Waals surface area contributed by atoms with Gasteiger partial charge in [0.15, 0.2) is 0 Å². The number of rotatable bonds is 10. The molecule has 0 saturated carbocycles. The molecule has 0 aliphatic rings. The van der Waals surface area contributed by atoms with Gasteiger partial charge < -0.3 is 0 Å². The van der Waals surface area contributed by atoms with E-state index in [0.29, 0.717) is 11.8 Å². The Balaban J connectivity index is 1.97. The van der Waals surface area contributed by atoms with Crippen molar-refractivity contribution in [2.75, 3.05) is 0 Å². The summed E-state index contributed by atoms with van der Waals surface area (Å²) in [6, 6.07) is 26.2. The second-order valence-corrected chi connectivity index (χ2v) is 9.14. The van der Waals surface area contributed by atoms with Crippen LogP contribution >= 0.6 is 0 Å². The van der Waals surface area contributed by atoms with Gasteiger partial charge in [0, 0.05) is 12.4 Å². The first-order valence-electron chi connectivity index (χ1n) is 11.3. The summed E-state index contributed by atoms with van der Waals surface area (Å²) in [7, 11) is 0. The molecule has 0 aliphatic heterocycles. The van der Waals surface area contributed by atoms with Crippen LogP contribution in [0.15, 0.2) is 85.2 Å². The van der Waals surface area contributed by atoms with Crippen molar-refractivity contribution in [2.45, 2.75) is 53.4 Å². The fraction of sp³-hybridized carbons (Fsp3) is 0.379. The van der Waals surface area contributed by atoms with Crippen molar-refractivity contribution < 1.29 is 0 Å². The summed E-state index contributed by atoms with van der Waals surface area (Å²) in [5.41, 5.74) is 4.31. The van der Waals surface area contributed by atoms with E-state index in [1.165, 1.54) is 16.7 Å². The van der Waals surface area contributed by atoms with Crippen LogP contribution in [0.4, 0.5) is 0 Å². The fourth-order valence-corrected chi connectivity index (χ4v) is 5.12. The molecular formula is C29H36N. The first-order chi connectivity index (χ1) is 14.5. The highest BCUT2D eigenvalue weighted by atomic mass is 14.6. The Hall–Kier alpha value is -2.41. The van der Waals surface area contributed by atoms with E-state index in [1.807, 2.05) is 6.20 Å². The van der Waals surface area contributed by atoms with Gasteiger partial charge in [-0.25, -0.2) is 0 Å². The quantitative estimate of drug-likeness (QED) is 0.347. The largest absolute Gasteiger partial charge is 0.264 e. The maximum Gasteiger partial charge on any atom is 0.0300 e. The molecule has 1 aromatic heterocycles. The smallest absolute Gasteiger partial charge is 0.0300 e. The molecule has 30 heavy (non-hydrogen) atoms. The molecule has 0 bridgehead atoms. The van der Waals surface area contributed by atoms with Crippen molar-refractivity contribution in [3.63, 3.8) is 0 Å². The highest BCUT2D eigenvalue weighted by molar-refractivity contribution is 5.27. The van der Waals surface area contributed by atoms with E-state index < -0.39 is 0 Å². The summed E-state index contributed by atoms with van der Waals surface area (Å²) in [6.45, 7) is 9.63. The molecule has 1 heteroatoms. The number of benzene rings is 2. The normalized spacial score (nSPS) is 12.1. The van der Waals surface area contributed by atoms with Crippen LogP contribution in [0.25, 0.3) is 0 Å². The monoisotopic (exact) mass is 398 g/mol. The first-order valence-corrected chi connectivity index (χ1v) is 11.3. The highest BCUT2D eigenvalue weighted by Crippen LogP contribution is 2.50. The Morgan fingerprint density at radius 3 is 1.83 bits per heavy atom. The van der Waals surface area contributed by atoms with Crippen molar-refractivity contribution in [3.8, 4) is 0 Å². The molecule has 1 nitrogen and oxygen atoms in total. The highest BCUT2D eigenvalue weighted by Gasteiger charge is 2.44. The average Bonchev–Trinajstić information content (AvgIpc) is 2.77. The fourth-order valence-electron chi connectivity index (χ4n) is 5.12. The zero-order valence-corrected chi connectivity index (χ0v) is 19.0. The third-order valence-corrected chi connectivity index (χ3v) is 6.76. The van der Waals surface area contributed by atoms with E-state index in [4.69, 9.17) is 0 Å². The molecular weight excluding hydrogens is 362 g/mol. The molecule has 0 spiro atoms. The van der Waals surface area contributed by atoms with Crippen LogP contribution in [-0.4, -0.2) is 4.98 Å². The van der Waals surface area contributed by atoms with Gasteiger partial charge in [-0.05, 0) is 71.6 Å². The topological polar surface area (TPSA) is 12.9 Å². The minimum Gasteiger partial charge on any atom is -0.264 e. The van der Waals surface area contributed by atoms with E-state index >= 15 is 0 Å². The van der Waals surface area contributed by atoms with Crippen LogP contribution in [0.1, 0.15) is 50.8 Å². The number of hydrogen-bond donors (Lipinski definition) is 0. The minimum atomic E-state index is 0.133. The minimum absolute atomic E-state index is 0.133. The van der Waals surface area contributed by atoms with Crippen LogP contribution in [0, 0.1) is 23.2 Å². The van der Waals surface area contributed by atoms with Crippen LogP contribution in [-0.2, 0) is 19.3 Å². The molecule has 0 aliphatic carbocycles. The third-order valence-electron chi connectivity index (χ3n) is 6.76. The van der Waals surface area contributed by atoms with Gasteiger partial charge in [-0.2, -0.15) is 0 Å². The number of nitrogens with zero attached hydrogens (tertiary/aromatic N) is 1. The lowest BCUT2D eigenvalue weighted by molar-refractivity contribution is 0.117. The molecule has 157 valence electrons. The summed E-state index contributed by atoms with van der Waals surface area (Å²) < 4.78 is 0. The summed E-state index contributed by atoms with van der Waals surface area (Å²) in [5.74, 6) is 2.77. The molecule has 0 saturated heterocycles. The average molecular weight is 399 g/mol. The summed E-state index contributed by atoms with van der Waals surface area (Å²) >= 11 is 0. The number of pyridine rings is 1. The second-order valence-electron chi connectivity index (χ2n) is 9.14. The lowest BCUT2D eigenvalue weighted by Gasteiger charge is -2.48. The maximum atomic E-state index is 4.42. The maximum absolute atomic E-state index is 4.42. The Labute approximate surface area is 183 Å². The molecule has 3 rings (SSSR count). The molecule has 0 N–H and O–H groups in total. The summed E-state index contributed by atoms with van der Waals surface area (Å²) in [5, 5.41) is 0. The van der Waals surface area contributed by atoms with Crippen LogP contribution in [0.2, 0.25) is 0 Å². The Morgan fingerprint density at radius 2 is 1.30 bits per heavy atom. The predicted octanol–water partition coefficient (Wildman–Crippen LogP) is 7.37. The second kappa shape index (κ2) is 10.6. The Bertz CT molecular complexity index is 845. The van der Waals surface area contributed by atoms with Gasteiger partial charge in [0.2, 0.25) is 0 Å². The molecule has 0 amide bonds. The molecule has 2 aromatic carbocycles. The van der Waals surface area contributed by atoms with E-state index in [2.05, 4.69) is 112 Å². The molecule has 3 aromatic rings. The lowest BCUT2D eigenvalue weighted by Crippen LogP contribution is -2.42. The van der Waals surface area contributed by atoms with Crippen LogP contribution in [0.5, 0.6) is 0 Å². The van der Waals surface area contributed by atoms with Crippen LogP contribution in [0.3, 0.4) is 0 Å². The van der Waals surface area contributed by atoms with E-state index in [0.717, 1.165) is 25.7 Å². The lowest BCUT2D eigenvalue weighted by atomic mass is 9.56. The van der Waals surface area contributed by atoms with Gasteiger partial charge in [-0.1, -0.05) is 94.4 Å². The standard InChI is InChI=1S/C29H36N/c1-23(2)29(24(3)4,21-27-16-11-19-30-22-27)28(20-26-14-9-6-10-15-26)18-17-25-12-7-5-8-13-25/h5-16,19,22-24H,17-18,20-21H2,1-4H3. The zero-order valence-electron chi connectivity index (χ0n) is 19.0. The number of aromatic nitrogens is 1. The summed E-state index contributed by atoms with van der Waals surface area (Å²) in [4.78, 5) is 4.42. The SMILES string of the molecule is CC(C)C(Cc1cccnc1)([C](CCc1ccccc1)Cc1ccccc1)C(C)C. The van der Waals surface area contributed by atoms with E-state index in [9.17, 15) is 0 Å². The van der Waals surface area contributed by atoms with Crippen molar-refractivity contribution >= 4 is 0 Å². The predicted molar refractivity (Wildman–Crippen MR) is 128 cm³/mol. The van der Waals surface area contributed by atoms with Gasteiger partial charge in [-0.15, -0.1) is 0 Å². The summed E-state index contributed by atoms with van der Waals surface area (Å²) in [6.07, 6.45) is 8.24. The van der Waals surface area contributed by atoms with Crippen molar-refractivity contribution in [1.29, 1.82) is 0 Å². The van der Waals surface area contributed by atoms with Gasteiger partial charge in [0.1, 0.15) is 0 Å². The van der Waals surface area contributed by atoms with Crippen molar-refractivity contribution in [3.05, 3.63) is 108 Å². The Kier molecular flexibility index (Phi) is 7.85. The Morgan fingerprint density at radius 1 is 0.733 bits per heavy atom. The van der Waals surface area contributed by atoms with Gasteiger partial charge in [0.05, 0.1) is 0 Å². The molecule has 0 unspecified atom stereocenters. The van der Waals surface area contributed by atoms with E-state index in [-0.39, 0.29) is 5.41 Å². The first kappa shape index (κ1) is 22.3. The van der Waals surface area contributed by atoms with Gasteiger partial charge in [-0.3, -0.25) is 4.98 Å². The van der Waals surface area contributed by atoms with Crippen molar-refractivity contribution in [1.82, 2.24) is 4.98 Å².